The minimum atomic E-state index is -1.69. The lowest BCUT2D eigenvalue weighted by molar-refractivity contribution is -0.180. The first-order valence-electron chi connectivity index (χ1n) is 13.0. The van der Waals surface area contributed by atoms with Gasteiger partial charge in [0.15, 0.2) is 5.78 Å². The number of pyridine rings is 1. The molecule has 0 spiro atoms. The van der Waals surface area contributed by atoms with Crippen molar-refractivity contribution in [1.82, 2.24) is 10.3 Å². The number of hydrogen-bond donors (Lipinski definition) is 2. The number of aromatic nitrogens is 1. The van der Waals surface area contributed by atoms with E-state index in [1.165, 1.54) is 11.1 Å². The first-order chi connectivity index (χ1) is 17.7. The van der Waals surface area contributed by atoms with Crippen molar-refractivity contribution in [2.45, 2.75) is 71.2 Å². The summed E-state index contributed by atoms with van der Waals surface area (Å²) in [5.74, 6) is -0.998. The van der Waals surface area contributed by atoms with E-state index in [9.17, 15) is 15.2 Å². The summed E-state index contributed by atoms with van der Waals surface area (Å²) in [5, 5.41) is 24.6. The summed E-state index contributed by atoms with van der Waals surface area (Å²) in [5.41, 5.74) is 4.35. The Hall–Kier alpha value is -3.53. The van der Waals surface area contributed by atoms with Crippen LogP contribution in [0.5, 0.6) is 5.75 Å². The van der Waals surface area contributed by atoms with Crippen LogP contribution in [0.4, 0.5) is 0 Å². The predicted octanol–water partition coefficient (Wildman–Crippen LogP) is 5.82. The number of carbonyl (C=O) groups excluding carboxylic acids is 1. The summed E-state index contributed by atoms with van der Waals surface area (Å²) >= 11 is 0. The maximum absolute atomic E-state index is 12.5. The molecule has 1 aliphatic rings. The first-order valence-corrected chi connectivity index (χ1v) is 13.0. The molecule has 1 aromatic heterocycles. The Morgan fingerprint density at radius 2 is 1.84 bits per heavy atom. The maximum Gasteiger partial charge on any atom is 0.268 e. The highest BCUT2D eigenvalue weighted by Crippen LogP contribution is 2.34. The molecule has 2 N–H and O–H groups in total. The predicted molar refractivity (Wildman–Crippen MR) is 144 cm³/mol. The molecular weight excluding hydrogens is 462 g/mol. The third-order valence-electron chi connectivity index (χ3n) is 7.03. The van der Waals surface area contributed by atoms with Crippen molar-refractivity contribution in [1.29, 1.82) is 5.26 Å². The molecule has 6 nitrogen and oxygen atoms in total. The fourth-order valence-corrected chi connectivity index (χ4v) is 5.36. The van der Waals surface area contributed by atoms with Crippen LogP contribution >= 0.6 is 0 Å². The number of Topliss-reactive ketones (excluding diaryl/α,β-unsaturated/α-hetero) is 1. The average molecular weight is 498 g/mol. The smallest absolute Gasteiger partial charge is 0.268 e. The Kier molecular flexibility index (Phi) is 7.77. The number of benzene rings is 2. The highest BCUT2D eigenvalue weighted by atomic mass is 16.6. The van der Waals surface area contributed by atoms with Crippen molar-refractivity contribution in [3.8, 4) is 23.1 Å². The number of rotatable bonds is 10. The Bertz CT molecular complexity index is 1300. The molecule has 6 heteroatoms. The highest BCUT2D eigenvalue weighted by Gasteiger charge is 2.37. The van der Waals surface area contributed by atoms with Crippen LogP contribution in [-0.2, 0) is 12.8 Å². The van der Waals surface area contributed by atoms with Crippen LogP contribution < -0.4 is 10.1 Å². The van der Waals surface area contributed by atoms with Crippen LogP contribution in [0.2, 0.25) is 0 Å². The monoisotopic (exact) mass is 497 g/mol. The van der Waals surface area contributed by atoms with Gasteiger partial charge in [0.25, 0.3) is 5.91 Å². The fourth-order valence-electron chi connectivity index (χ4n) is 5.36. The van der Waals surface area contributed by atoms with Gasteiger partial charge in [-0.25, -0.2) is 0 Å². The van der Waals surface area contributed by atoms with Gasteiger partial charge in [-0.1, -0.05) is 44.2 Å². The van der Waals surface area contributed by atoms with E-state index in [4.69, 9.17) is 4.74 Å². The van der Waals surface area contributed by atoms with Crippen molar-refractivity contribution < 1.29 is 14.6 Å². The minimum Gasteiger partial charge on any atom is -0.448 e. The second-order valence-electron chi connectivity index (χ2n) is 10.5. The van der Waals surface area contributed by atoms with Crippen molar-refractivity contribution in [3.05, 3.63) is 83.0 Å². The van der Waals surface area contributed by atoms with Crippen molar-refractivity contribution in [2.24, 2.45) is 5.92 Å². The summed E-state index contributed by atoms with van der Waals surface area (Å²) in [6.45, 7) is 7.78. The van der Waals surface area contributed by atoms with Crippen LogP contribution in [0, 0.1) is 17.2 Å². The van der Waals surface area contributed by atoms with Crippen molar-refractivity contribution in [2.75, 3.05) is 0 Å². The molecule has 1 atom stereocenters. The molecule has 0 amide bonds. The van der Waals surface area contributed by atoms with Gasteiger partial charge in [-0.05, 0) is 74.4 Å². The number of aliphatic hydroxyl groups is 1. The minimum absolute atomic E-state index is 0.0162. The van der Waals surface area contributed by atoms with Gasteiger partial charge in [0.05, 0.1) is 11.3 Å². The highest BCUT2D eigenvalue weighted by molar-refractivity contribution is 6.01. The Labute approximate surface area is 219 Å². The van der Waals surface area contributed by atoms with Gasteiger partial charge in [-0.3, -0.25) is 15.1 Å². The standard InChI is InChI=1S/C31H35N3O3/c1-5-27(35)26-12-9-15-33-29(26)24-13-14-25(20-32)28(18-24)37-31(36,6-2)34-30(3,4)19-21-16-22-10-7-8-11-23(22)17-21/h7-15,18,21,34,36H,5-6,16-17,19H2,1-4H3. The molecule has 1 heterocycles. The number of nitrogens with zero attached hydrogens (tertiary/aromatic N) is 2. The maximum atomic E-state index is 12.5. The summed E-state index contributed by atoms with van der Waals surface area (Å²) in [4.78, 5) is 16.9. The molecule has 0 radical (unpaired) electrons. The summed E-state index contributed by atoms with van der Waals surface area (Å²) in [6.07, 6.45) is 5.16. The number of ketones is 1. The topological polar surface area (TPSA) is 95.2 Å². The van der Waals surface area contributed by atoms with E-state index in [1.54, 1.807) is 36.5 Å². The molecule has 1 unspecified atom stereocenters. The van der Waals surface area contributed by atoms with E-state index < -0.39 is 11.4 Å². The first kappa shape index (κ1) is 26.5. The zero-order valence-corrected chi connectivity index (χ0v) is 22.0. The van der Waals surface area contributed by atoms with Crippen LogP contribution in [0.1, 0.15) is 74.0 Å². The fraction of sp³-hybridized carbons (Fsp3) is 0.387. The van der Waals surface area contributed by atoms with E-state index in [0.717, 1.165) is 19.3 Å². The molecule has 0 fully saturated rings. The second-order valence-corrected chi connectivity index (χ2v) is 10.5. The molecule has 4 rings (SSSR count). The molecule has 0 saturated carbocycles. The quantitative estimate of drug-likeness (QED) is 0.271. The summed E-state index contributed by atoms with van der Waals surface area (Å²) in [6, 6.07) is 19.3. The third-order valence-corrected chi connectivity index (χ3v) is 7.03. The summed E-state index contributed by atoms with van der Waals surface area (Å²) in [7, 11) is 0. The average Bonchev–Trinajstić information content (AvgIpc) is 3.29. The number of hydrogen-bond acceptors (Lipinski definition) is 6. The Balaban J connectivity index is 1.56. The van der Waals surface area contributed by atoms with E-state index in [1.807, 2.05) is 13.8 Å². The van der Waals surface area contributed by atoms with E-state index in [-0.39, 0.29) is 18.0 Å². The van der Waals surface area contributed by atoms with Crippen LogP contribution in [0.25, 0.3) is 11.3 Å². The SMILES string of the molecule is CCC(=O)c1cccnc1-c1ccc(C#N)c(OC(O)(CC)NC(C)(C)CC2Cc3ccccc3C2)c1. The lowest BCUT2D eigenvalue weighted by Gasteiger charge is -2.39. The van der Waals surface area contributed by atoms with Crippen molar-refractivity contribution >= 4 is 5.78 Å². The molecule has 2 aromatic carbocycles. The van der Waals surface area contributed by atoms with Gasteiger partial charge in [0.1, 0.15) is 11.8 Å². The third kappa shape index (κ3) is 6.07. The summed E-state index contributed by atoms with van der Waals surface area (Å²) < 4.78 is 6.13. The number of fused-ring (bicyclic) bond motifs is 1. The van der Waals surface area contributed by atoms with Crippen LogP contribution in [0.15, 0.2) is 60.8 Å². The van der Waals surface area contributed by atoms with Gasteiger partial charge < -0.3 is 9.84 Å². The van der Waals surface area contributed by atoms with Gasteiger partial charge in [0, 0.05) is 35.7 Å². The number of nitrogens with one attached hydrogen (secondary N) is 1. The van der Waals surface area contributed by atoms with Crippen LogP contribution in [0.3, 0.4) is 0 Å². The normalized spacial score (nSPS) is 15.0. The molecule has 0 bridgehead atoms. The molecule has 0 aliphatic heterocycles. The lowest BCUT2D eigenvalue weighted by Crippen LogP contribution is -2.59. The molecule has 3 aromatic rings. The van der Waals surface area contributed by atoms with E-state index >= 15 is 0 Å². The van der Waals surface area contributed by atoms with Gasteiger partial charge in [0.2, 0.25) is 0 Å². The van der Waals surface area contributed by atoms with Crippen molar-refractivity contribution in [3.63, 3.8) is 0 Å². The van der Waals surface area contributed by atoms with E-state index in [2.05, 4.69) is 54.5 Å². The lowest BCUT2D eigenvalue weighted by atomic mass is 9.88. The molecular formula is C31H35N3O3. The zero-order chi connectivity index (χ0) is 26.6. The molecule has 1 aliphatic carbocycles. The second kappa shape index (κ2) is 10.8. The van der Waals surface area contributed by atoms with Gasteiger partial charge in [-0.15, -0.1) is 0 Å². The van der Waals surface area contributed by atoms with Crippen LogP contribution in [-0.4, -0.2) is 27.3 Å². The number of ether oxygens (including phenoxy) is 1. The zero-order valence-electron chi connectivity index (χ0n) is 22.0. The molecule has 0 saturated heterocycles. The number of nitriles is 1. The Morgan fingerprint density at radius 1 is 1.14 bits per heavy atom. The number of carbonyl (C=O) groups is 1. The molecule has 192 valence electrons. The molecule has 37 heavy (non-hydrogen) atoms. The van der Waals surface area contributed by atoms with E-state index in [0.29, 0.717) is 34.7 Å². The largest absolute Gasteiger partial charge is 0.448 e. The Morgan fingerprint density at radius 3 is 2.46 bits per heavy atom. The van der Waals surface area contributed by atoms with Gasteiger partial charge in [-0.2, -0.15) is 5.26 Å². The van der Waals surface area contributed by atoms with Gasteiger partial charge >= 0.3 is 0 Å².